The summed E-state index contributed by atoms with van der Waals surface area (Å²) in [7, 11) is 0. The van der Waals surface area contributed by atoms with Crippen LogP contribution in [0.25, 0.3) is 0 Å². The molecule has 0 radical (unpaired) electrons. The first-order valence-corrected chi connectivity index (χ1v) is 6.53. The van der Waals surface area contributed by atoms with Crippen LogP contribution in [0, 0.1) is 6.92 Å². The van der Waals surface area contributed by atoms with E-state index >= 15 is 0 Å². The summed E-state index contributed by atoms with van der Waals surface area (Å²) in [6.45, 7) is 3.81. The second kappa shape index (κ2) is 5.92. The number of hydrogen-bond donors (Lipinski definition) is 1. The molecule has 2 heterocycles. The molecule has 0 aliphatic carbocycles. The van der Waals surface area contributed by atoms with Crippen molar-refractivity contribution in [3.8, 4) is 0 Å². The maximum absolute atomic E-state index is 5.88. The van der Waals surface area contributed by atoms with Gasteiger partial charge in [0.05, 0.1) is 0 Å². The van der Waals surface area contributed by atoms with Gasteiger partial charge in [0, 0.05) is 37.1 Å². The van der Waals surface area contributed by atoms with Crippen molar-refractivity contribution in [3.05, 3.63) is 23.8 Å². The summed E-state index contributed by atoms with van der Waals surface area (Å²) >= 11 is 1.25. The smallest absolute Gasteiger partial charge is 0.284 e. The molecule has 0 saturated carbocycles. The molecule has 0 aliphatic heterocycles. The predicted molar refractivity (Wildman–Crippen MR) is 67.2 cm³/mol. The van der Waals surface area contributed by atoms with Gasteiger partial charge in [-0.2, -0.15) is 0 Å². The molecular formula is C11H15N5OS. The van der Waals surface area contributed by atoms with E-state index in [4.69, 9.17) is 10.2 Å². The molecule has 0 saturated heterocycles. The summed E-state index contributed by atoms with van der Waals surface area (Å²) in [6.07, 6.45) is 5.31. The van der Waals surface area contributed by atoms with Crippen molar-refractivity contribution in [2.75, 3.05) is 0 Å². The standard InChI is InChI=1S/C11H15N5OS/c1-3-9(12)4-8-5-13-10(14-6-8)18-11-16-15-7(2)17-11/h5-6,9H,3-4,12H2,1-2H3. The zero-order chi connectivity index (χ0) is 13.0. The minimum Gasteiger partial charge on any atom is -0.416 e. The lowest BCUT2D eigenvalue weighted by Gasteiger charge is -2.07. The Balaban J connectivity index is 1.99. The predicted octanol–water partition coefficient (Wildman–Crippen LogP) is 1.60. The van der Waals surface area contributed by atoms with Gasteiger partial charge < -0.3 is 10.2 Å². The summed E-state index contributed by atoms with van der Waals surface area (Å²) in [5, 5.41) is 8.65. The van der Waals surface area contributed by atoms with Crippen molar-refractivity contribution in [3.63, 3.8) is 0 Å². The van der Waals surface area contributed by atoms with Crippen LogP contribution in [-0.4, -0.2) is 26.2 Å². The molecule has 0 aromatic carbocycles. The Morgan fingerprint density at radius 2 is 2.06 bits per heavy atom. The van der Waals surface area contributed by atoms with Gasteiger partial charge in [-0.15, -0.1) is 10.2 Å². The van der Waals surface area contributed by atoms with Gasteiger partial charge in [0.25, 0.3) is 5.22 Å². The molecule has 2 rings (SSSR count). The van der Waals surface area contributed by atoms with E-state index in [2.05, 4.69) is 27.1 Å². The molecule has 1 unspecified atom stereocenters. The maximum Gasteiger partial charge on any atom is 0.284 e. The molecule has 0 bridgehead atoms. The Morgan fingerprint density at radius 3 is 2.61 bits per heavy atom. The van der Waals surface area contributed by atoms with Crippen LogP contribution in [-0.2, 0) is 6.42 Å². The molecule has 0 aliphatic rings. The number of aryl methyl sites for hydroxylation is 1. The van der Waals surface area contributed by atoms with Gasteiger partial charge in [0.1, 0.15) is 0 Å². The van der Waals surface area contributed by atoms with E-state index < -0.39 is 0 Å². The fourth-order valence-corrected chi connectivity index (χ4v) is 1.96. The number of hydrogen-bond acceptors (Lipinski definition) is 7. The minimum absolute atomic E-state index is 0.158. The Labute approximate surface area is 109 Å². The Bertz CT molecular complexity index is 498. The van der Waals surface area contributed by atoms with Gasteiger partial charge in [-0.1, -0.05) is 6.92 Å². The van der Waals surface area contributed by atoms with Gasteiger partial charge in [-0.05, 0) is 18.4 Å². The average molecular weight is 265 g/mol. The minimum atomic E-state index is 0.158. The highest BCUT2D eigenvalue weighted by atomic mass is 32.2. The van der Waals surface area contributed by atoms with Crippen molar-refractivity contribution < 1.29 is 4.42 Å². The van der Waals surface area contributed by atoms with Crippen LogP contribution in [0.3, 0.4) is 0 Å². The molecule has 2 aromatic rings. The average Bonchev–Trinajstić information content (AvgIpc) is 2.77. The van der Waals surface area contributed by atoms with Gasteiger partial charge >= 0.3 is 0 Å². The van der Waals surface area contributed by atoms with E-state index in [1.165, 1.54) is 11.8 Å². The largest absolute Gasteiger partial charge is 0.416 e. The molecule has 1 atom stereocenters. The van der Waals surface area contributed by atoms with Crippen molar-refractivity contribution >= 4 is 11.8 Å². The van der Waals surface area contributed by atoms with E-state index in [1.54, 1.807) is 19.3 Å². The molecule has 6 nitrogen and oxygen atoms in total. The molecule has 96 valence electrons. The zero-order valence-corrected chi connectivity index (χ0v) is 11.1. The summed E-state index contributed by atoms with van der Waals surface area (Å²) in [5.41, 5.74) is 6.91. The van der Waals surface area contributed by atoms with Gasteiger partial charge in [-0.3, -0.25) is 0 Å². The SMILES string of the molecule is CCC(N)Cc1cnc(Sc2nnc(C)o2)nc1. The van der Waals surface area contributed by atoms with Gasteiger partial charge in [0.2, 0.25) is 5.89 Å². The third kappa shape index (κ3) is 3.51. The van der Waals surface area contributed by atoms with Crippen molar-refractivity contribution in [2.45, 2.75) is 43.1 Å². The van der Waals surface area contributed by atoms with E-state index in [-0.39, 0.29) is 6.04 Å². The van der Waals surface area contributed by atoms with Crippen LogP contribution in [0.1, 0.15) is 24.8 Å². The summed E-state index contributed by atoms with van der Waals surface area (Å²) in [4.78, 5) is 8.48. The molecule has 0 spiro atoms. The number of aromatic nitrogens is 4. The Kier molecular flexibility index (Phi) is 4.27. The van der Waals surface area contributed by atoms with Crippen LogP contribution < -0.4 is 5.73 Å². The van der Waals surface area contributed by atoms with Gasteiger partial charge in [0.15, 0.2) is 5.16 Å². The van der Waals surface area contributed by atoms with Crippen LogP contribution in [0.4, 0.5) is 0 Å². The molecule has 2 aromatic heterocycles. The summed E-state index contributed by atoms with van der Waals surface area (Å²) in [6, 6.07) is 0.158. The van der Waals surface area contributed by atoms with E-state index in [9.17, 15) is 0 Å². The fourth-order valence-electron chi connectivity index (χ4n) is 1.35. The number of nitrogens with two attached hydrogens (primary N) is 1. The van der Waals surface area contributed by atoms with Gasteiger partial charge in [-0.25, -0.2) is 9.97 Å². The monoisotopic (exact) mass is 265 g/mol. The topological polar surface area (TPSA) is 90.7 Å². The second-order valence-electron chi connectivity index (χ2n) is 3.94. The molecule has 7 heteroatoms. The van der Waals surface area contributed by atoms with Crippen LogP contribution in [0.15, 0.2) is 27.2 Å². The second-order valence-corrected chi connectivity index (χ2v) is 4.85. The highest BCUT2D eigenvalue weighted by Gasteiger charge is 2.08. The lowest BCUT2D eigenvalue weighted by Crippen LogP contribution is -2.21. The lowest BCUT2D eigenvalue weighted by molar-refractivity contribution is 0.429. The van der Waals surface area contributed by atoms with E-state index in [1.807, 2.05) is 0 Å². The Morgan fingerprint density at radius 1 is 1.33 bits per heavy atom. The summed E-state index contributed by atoms with van der Waals surface area (Å²) < 4.78 is 5.24. The first kappa shape index (κ1) is 13.0. The first-order chi connectivity index (χ1) is 8.67. The lowest BCUT2D eigenvalue weighted by atomic mass is 10.1. The molecule has 0 amide bonds. The van der Waals surface area contributed by atoms with Crippen LogP contribution in [0.5, 0.6) is 0 Å². The third-order valence-electron chi connectivity index (χ3n) is 2.39. The zero-order valence-electron chi connectivity index (χ0n) is 10.3. The quantitative estimate of drug-likeness (QED) is 0.821. The van der Waals surface area contributed by atoms with E-state index in [0.717, 1.165) is 18.4 Å². The molecule has 2 N–H and O–H groups in total. The van der Waals surface area contributed by atoms with Crippen LogP contribution in [0.2, 0.25) is 0 Å². The number of rotatable bonds is 5. The molecule has 18 heavy (non-hydrogen) atoms. The maximum atomic E-state index is 5.88. The van der Waals surface area contributed by atoms with Crippen molar-refractivity contribution in [1.29, 1.82) is 0 Å². The van der Waals surface area contributed by atoms with Crippen LogP contribution >= 0.6 is 11.8 Å². The Hall–Kier alpha value is -1.47. The van der Waals surface area contributed by atoms with Crippen molar-refractivity contribution in [1.82, 2.24) is 20.2 Å². The molecular weight excluding hydrogens is 250 g/mol. The highest BCUT2D eigenvalue weighted by Crippen LogP contribution is 2.22. The van der Waals surface area contributed by atoms with Crippen molar-refractivity contribution in [2.24, 2.45) is 5.73 Å². The third-order valence-corrected chi connectivity index (χ3v) is 3.12. The fraction of sp³-hybridized carbons (Fsp3) is 0.455. The highest BCUT2D eigenvalue weighted by molar-refractivity contribution is 7.98. The first-order valence-electron chi connectivity index (χ1n) is 5.72. The molecule has 0 fully saturated rings. The normalized spacial score (nSPS) is 12.6. The summed E-state index contributed by atoms with van der Waals surface area (Å²) in [5.74, 6) is 0.531. The van der Waals surface area contributed by atoms with E-state index in [0.29, 0.717) is 16.3 Å². The number of nitrogens with zero attached hydrogens (tertiary/aromatic N) is 4.